The first-order valence-corrected chi connectivity index (χ1v) is 8.37. The van der Waals surface area contributed by atoms with Gasteiger partial charge in [0.1, 0.15) is 5.69 Å². The average molecular weight is 312 g/mol. The van der Waals surface area contributed by atoms with Crippen molar-refractivity contribution in [3.8, 4) is 5.69 Å². The van der Waals surface area contributed by atoms with E-state index >= 15 is 0 Å². The van der Waals surface area contributed by atoms with E-state index in [2.05, 4.69) is 15.3 Å². The fourth-order valence-corrected chi connectivity index (χ4v) is 3.03. The predicted octanol–water partition coefficient (Wildman–Crippen LogP) is 2.40. The minimum Gasteiger partial charge on any atom is -0.351 e. The Labute approximate surface area is 137 Å². The van der Waals surface area contributed by atoms with Gasteiger partial charge in [-0.1, -0.05) is 18.2 Å². The van der Waals surface area contributed by atoms with Crippen molar-refractivity contribution >= 4 is 5.91 Å². The summed E-state index contributed by atoms with van der Waals surface area (Å²) >= 11 is 0. The van der Waals surface area contributed by atoms with Crippen LogP contribution < -0.4 is 5.32 Å². The molecule has 5 heteroatoms. The number of nitrogens with zero attached hydrogens (tertiary/aromatic N) is 3. The molecule has 1 fully saturated rings. The zero-order valence-corrected chi connectivity index (χ0v) is 13.7. The summed E-state index contributed by atoms with van der Waals surface area (Å²) in [4.78, 5) is 14.9. The highest BCUT2D eigenvalue weighted by Crippen LogP contribution is 2.12. The van der Waals surface area contributed by atoms with Gasteiger partial charge in [-0.3, -0.25) is 4.79 Å². The number of rotatable bonds is 6. The van der Waals surface area contributed by atoms with Gasteiger partial charge in [-0.25, -0.2) is 4.68 Å². The third-order valence-electron chi connectivity index (χ3n) is 4.20. The van der Waals surface area contributed by atoms with Gasteiger partial charge in [0.25, 0.3) is 5.91 Å². The summed E-state index contributed by atoms with van der Waals surface area (Å²) in [5, 5.41) is 7.46. The van der Waals surface area contributed by atoms with Crippen LogP contribution >= 0.6 is 0 Å². The second-order valence-electron chi connectivity index (χ2n) is 6.08. The first-order chi connectivity index (χ1) is 11.2. The van der Waals surface area contributed by atoms with Crippen molar-refractivity contribution < 1.29 is 4.79 Å². The highest BCUT2D eigenvalue weighted by Gasteiger charge is 2.15. The van der Waals surface area contributed by atoms with E-state index in [1.54, 1.807) is 4.68 Å². The van der Waals surface area contributed by atoms with Gasteiger partial charge < -0.3 is 10.2 Å². The van der Waals surface area contributed by atoms with Crippen molar-refractivity contribution in [2.45, 2.75) is 26.2 Å². The maximum absolute atomic E-state index is 12.5. The number of carbonyl (C=O) groups is 1. The normalized spacial score (nSPS) is 15.0. The summed E-state index contributed by atoms with van der Waals surface area (Å²) in [6.45, 7) is 6.08. The lowest BCUT2D eigenvalue weighted by Crippen LogP contribution is -2.30. The number of hydrogen-bond donors (Lipinski definition) is 1. The molecule has 2 aromatic rings. The van der Waals surface area contributed by atoms with Gasteiger partial charge in [-0.2, -0.15) is 5.10 Å². The van der Waals surface area contributed by atoms with Crippen LogP contribution in [0.15, 0.2) is 36.4 Å². The molecule has 2 heterocycles. The van der Waals surface area contributed by atoms with Crippen LogP contribution in [0, 0.1) is 6.92 Å². The second-order valence-corrected chi connectivity index (χ2v) is 6.08. The van der Waals surface area contributed by atoms with Crippen molar-refractivity contribution in [1.29, 1.82) is 0 Å². The Bertz CT molecular complexity index is 644. The smallest absolute Gasteiger partial charge is 0.270 e. The summed E-state index contributed by atoms with van der Waals surface area (Å²) in [6, 6.07) is 11.6. The van der Waals surface area contributed by atoms with E-state index in [0.717, 1.165) is 24.3 Å². The number of benzene rings is 1. The molecular weight excluding hydrogens is 288 g/mol. The molecule has 1 aromatic heterocycles. The van der Waals surface area contributed by atoms with E-state index in [0.29, 0.717) is 12.2 Å². The number of carbonyl (C=O) groups excluding carboxylic acids is 1. The van der Waals surface area contributed by atoms with Gasteiger partial charge in [0.05, 0.1) is 11.4 Å². The Morgan fingerprint density at radius 3 is 2.70 bits per heavy atom. The van der Waals surface area contributed by atoms with Crippen molar-refractivity contribution in [3.05, 3.63) is 47.8 Å². The minimum atomic E-state index is -0.0594. The molecule has 1 aliphatic heterocycles. The third-order valence-corrected chi connectivity index (χ3v) is 4.20. The fourth-order valence-electron chi connectivity index (χ4n) is 3.03. The predicted molar refractivity (Wildman–Crippen MR) is 90.9 cm³/mol. The van der Waals surface area contributed by atoms with E-state index in [9.17, 15) is 4.79 Å². The van der Waals surface area contributed by atoms with Crippen LogP contribution in [-0.4, -0.2) is 46.8 Å². The Hall–Kier alpha value is -2.14. The molecule has 1 amide bonds. The van der Waals surface area contributed by atoms with Crippen LogP contribution in [-0.2, 0) is 0 Å². The van der Waals surface area contributed by atoms with Crippen molar-refractivity contribution in [2.24, 2.45) is 0 Å². The molecule has 0 aliphatic carbocycles. The topological polar surface area (TPSA) is 50.2 Å². The second kappa shape index (κ2) is 7.42. The summed E-state index contributed by atoms with van der Waals surface area (Å²) in [5.41, 5.74) is 2.34. The first-order valence-electron chi connectivity index (χ1n) is 8.37. The number of hydrogen-bond acceptors (Lipinski definition) is 3. The number of aromatic nitrogens is 2. The number of amides is 1. The van der Waals surface area contributed by atoms with Crippen LogP contribution in [0.5, 0.6) is 0 Å². The van der Waals surface area contributed by atoms with Crippen LogP contribution in [0.1, 0.15) is 35.4 Å². The molecule has 0 atom stereocenters. The van der Waals surface area contributed by atoms with Gasteiger partial charge in [-0.15, -0.1) is 0 Å². The maximum Gasteiger partial charge on any atom is 0.270 e. The van der Waals surface area contributed by atoms with E-state index in [1.165, 1.54) is 25.9 Å². The summed E-state index contributed by atoms with van der Waals surface area (Å²) in [6.07, 6.45) is 3.61. The van der Waals surface area contributed by atoms with E-state index in [1.807, 2.05) is 43.3 Å². The van der Waals surface area contributed by atoms with Gasteiger partial charge >= 0.3 is 0 Å². The number of likely N-dealkylation sites (tertiary alicyclic amines) is 1. The van der Waals surface area contributed by atoms with E-state index in [-0.39, 0.29) is 5.91 Å². The standard InChI is InChI=1S/C18H24N4O/c1-15-14-17(22(20-15)16-8-3-2-4-9-16)18(23)19-10-7-13-21-11-5-6-12-21/h2-4,8-9,14H,5-7,10-13H2,1H3,(H,19,23). The summed E-state index contributed by atoms with van der Waals surface area (Å²) in [5.74, 6) is -0.0594. The van der Waals surface area contributed by atoms with Gasteiger partial charge in [-0.05, 0) is 64.0 Å². The molecule has 1 aliphatic rings. The molecule has 1 aromatic carbocycles. The molecule has 0 bridgehead atoms. The monoisotopic (exact) mass is 312 g/mol. The Balaban J connectivity index is 1.59. The molecule has 23 heavy (non-hydrogen) atoms. The fraction of sp³-hybridized carbons (Fsp3) is 0.444. The SMILES string of the molecule is Cc1cc(C(=O)NCCCN2CCCC2)n(-c2ccccc2)n1. The highest BCUT2D eigenvalue weighted by molar-refractivity contribution is 5.93. The molecule has 3 rings (SSSR count). The zero-order valence-electron chi connectivity index (χ0n) is 13.7. The molecule has 0 unspecified atom stereocenters. The minimum absolute atomic E-state index is 0.0594. The van der Waals surface area contributed by atoms with Crippen molar-refractivity contribution in [3.63, 3.8) is 0 Å². The molecule has 0 saturated carbocycles. The van der Waals surface area contributed by atoms with Gasteiger partial charge in [0.15, 0.2) is 0 Å². The lowest BCUT2D eigenvalue weighted by Gasteiger charge is -2.14. The largest absolute Gasteiger partial charge is 0.351 e. The number of aryl methyl sites for hydroxylation is 1. The maximum atomic E-state index is 12.5. The lowest BCUT2D eigenvalue weighted by atomic mass is 10.3. The Morgan fingerprint density at radius 1 is 1.22 bits per heavy atom. The number of nitrogens with one attached hydrogen (secondary N) is 1. The van der Waals surface area contributed by atoms with Crippen molar-refractivity contribution in [1.82, 2.24) is 20.0 Å². The molecule has 1 N–H and O–H groups in total. The summed E-state index contributed by atoms with van der Waals surface area (Å²) in [7, 11) is 0. The summed E-state index contributed by atoms with van der Waals surface area (Å²) < 4.78 is 1.71. The zero-order chi connectivity index (χ0) is 16.1. The van der Waals surface area contributed by atoms with E-state index < -0.39 is 0 Å². The molecule has 1 saturated heterocycles. The van der Waals surface area contributed by atoms with Crippen LogP contribution in [0.3, 0.4) is 0 Å². The molecule has 0 spiro atoms. The molecule has 0 radical (unpaired) electrons. The first kappa shape index (κ1) is 15.7. The van der Waals surface area contributed by atoms with Crippen LogP contribution in [0.2, 0.25) is 0 Å². The highest BCUT2D eigenvalue weighted by atomic mass is 16.2. The van der Waals surface area contributed by atoms with Crippen molar-refractivity contribution in [2.75, 3.05) is 26.2 Å². The average Bonchev–Trinajstić information content (AvgIpc) is 3.21. The third kappa shape index (κ3) is 3.99. The van der Waals surface area contributed by atoms with Gasteiger partial charge in [0, 0.05) is 6.54 Å². The van der Waals surface area contributed by atoms with Crippen LogP contribution in [0.25, 0.3) is 5.69 Å². The quantitative estimate of drug-likeness (QED) is 0.833. The molecular formula is C18H24N4O. The van der Waals surface area contributed by atoms with Crippen LogP contribution in [0.4, 0.5) is 0 Å². The Kier molecular flexibility index (Phi) is 5.08. The number of para-hydroxylation sites is 1. The lowest BCUT2D eigenvalue weighted by molar-refractivity contribution is 0.0944. The van der Waals surface area contributed by atoms with Gasteiger partial charge in [0.2, 0.25) is 0 Å². The Morgan fingerprint density at radius 2 is 1.96 bits per heavy atom. The molecule has 5 nitrogen and oxygen atoms in total. The molecule has 122 valence electrons. The van der Waals surface area contributed by atoms with E-state index in [4.69, 9.17) is 0 Å².